The minimum Gasteiger partial charge on any atom is -0.481 e. The SMILES string of the molecule is CCCCCCC(=O)NCCCCC(NC(=P)CCCCCCC(=O)NCCCC[C@H](NC(=O)N[C@@H](CCC(=O)O)C(=O)O)C(=O)O)C(=O)O. The highest BCUT2D eigenvalue weighted by Gasteiger charge is 2.25. The second kappa shape index (κ2) is 29.0. The molecule has 0 aromatic rings. The third-order valence-electron chi connectivity index (χ3n) is 7.82. The van der Waals surface area contributed by atoms with Crippen LogP contribution in [0.25, 0.3) is 0 Å². The van der Waals surface area contributed by atoms with Crippen LogP contribution in [-0.2, 0) is 28.8 Å². The van der Waals surface area contributed by atoms with E-state index in [0.29, 0.717) is 76.3 Å². The summed E-state index contributed by atoms with van der Waals surface area (Å²) in [4.78, 5) is 81.1. The first-order chi connectivity index (χ1) is 23.8. The number of carbonyl (C=O) groups excluding carboxylic acids is 3. The number of hydrogen-bond acceptors (Lipinski definition) is 7. The Bertz CT molecular complexity index is 1090. The topological polar surface area (TPSA) is 261 Å². The van der Waals surface area contributed by atoms with Gasteiger partial charge in [0.2, 0.25) is 11.8 Å². The molecular formula is C33H58N5O11P. The second-order valence-corrected chi connectivity index (χ2v) is 12.9. The minimum absolute atomic E-state index is 0.0406. The Morgan fingerprint density at radius 1 is 0.500 bits per heavy atom. The average Bonchev–Trinajstić information content (AvgIpc) is 3.04. The van der Waals surface area contributed by atoms with E-state index in [4.69, 9.17) is 10.2 Å². The minimum atomic E-state index is -1.48. The molecular weight excluding hydrogens is 673 g/mol. The maximum atomic E-state index is 12.1. The van der Waals surface area contributed by atoms with Gasteiger partial charge in [-0.2, -0.15) is 0 Å². The summed E-state index contributed by atoms with van der Waals surface area (Å²) in [6.07, 6.45) is 10.6. The number of rotatable bonds is 32. The lowest BCUT2D eigenvalue weighted by atomic mass is 10.1. The summed E-state index contributed by atoms with van der Waals surface area (Å²) in [6, 6.07) is -4.54. The average molecular weight is 732 g/mol. The summed E-state index contributed by atoms with van der Waals surface area (Å²) in [5.74, 6) is -5.02. The predicted molar refractivity (Wildman–Crippen MR) is 189 cm³/mol. The molecule has 0 radical (unpaired) electrons. The van der Waals surface area contributed by atoms with E-state index in [2.05, 4.69) is 42.4 Å². The second-order valence-electron chi connectivity index (χ2n) is 12.3. The van der Waals surface area contributed by atoms with Gasteiger partial charge in [-0.3, -0.25) is 24.5 Å². The molecule has 4 amide bonds. The quantitative estimate of drug-likeness (QED) is 0.0357. The Hall–Kier alpha value is -3.78. The molecule has 0 aliphatic rings. The first-order valence-electron chi connectivity index (χ1n) is 17.6. The zero-order valence-corrected chi connectivity index (χ0v) is 30.2. The van der Waals surface area contributed by atoms with Crippen molar-refractivity contribution in [2.45, 2.75) is 147 Å². The van der Waals surface area contributed by atoms with Crippen molar-refractivity contribution < 1.29 is 54.0 Å². The van der Waals surface area contributed by atoms with Crippen molar-refractivity contribution in [2.75, 3.05) is 13.1 Å². The summed E-state index contributed by atoms with van der Waals surface area (Å²) in [5, 5.41) is 49.7. The van der Waals surface area contributed by atoms with Crippen LogP contribution in [0.15, 0.2) is 0 Å². The normalized spacial score (nSPS) is 12.6. The van der Waals surface area contributed by atoms with Crippen LogP contribution in [0, 0.1) is 0 Å². The highest BCUT2D eigenvalue weighted by molar-refractivity contribution is 7.20. The molecule has 0 aliphatic carbocycles. The highest BCUT2D eigenvalue weighted by Crippen LogP contribution is 2.09. The molecule has 50 heavy (non-hydrogen) atoms. The van der Waals surface area contributed by atoms with E-state index in [1.807, 2.05) is 0 Å². The number of carboxylic acid groups (broad SMARTS) is 4. The third-order valence-corrected chi connectivity index (χ3v) is 8.22. The zero-order chi connectivity index (χ0) is 37.7. The fourth-order valence-electron chi connectivity index (χ4n) is 4.91. The van der Waals surface area contributed by atoms with E-state index < -0.39 is 54.5 Å². The Morgan fingerprint density at radius 2 is 0.920 bits per heavy atom. The van der Waals surface area contributed by atoms with Crippen molar-refractivity contribution in [2.24, 2.45) is 0 Å². The Labute approximate surface area is 296 Å². The van der Waals surface area contributed by atoms with E-state index >= 15 is 0 Å². The van der Waals surface area contributed by atoms with Gasteiger partial charge in [0.05, 0.1) is 0 Å². The first kappa shape index (κ1) is 46.2. The van der Waals surface area contributed by atoms with E-state index in [0.717, 1.165) is 44.9 Å². The molecule has 0 rings (SSSR count). The van der Waals surface area contributed by atoms with Crippen molar-refractivity contribution >= 4 is 56.0 Å². The van der Waals surface area contributed by atoms with Gasteiger partial charge in [0.1, 0.15) is 18.1 Å². The van der Waals surface area contributed by atoms with Crippen LogP contribution in [0.4, 0.5) is 4.79 Å². The van der Waals surface area contributed by atoms with Gasteiger partial charge in [-0.25, -0.2) is 14.4 Å². The summed E-state index contributed by atoms with van der Waals surface area (Å²) < 4.78 is 0. The smallest absolute Gasteiger partial charge is 0.326 e. The third kappa shape index (κ3) is 26.1. The molecule has 0 bridgehead atoms. The van der Waals surface area contributed by atoms with Gasteiger partial charge in [-0.1, -0.05) is 39.0 Å². The summed E-state index contributed by atoms with van der Waals surface area (Å²) >= 11 is 0. The van der Waals surface area contributed by atoms with E-state index in [-0.39, 0.29) is 24.7 Å². The first-order valence-corrected chi connectivity index (χ1v) is 18.1. The van der Waals surface area contributed by atoms with E-state index in [1.54, 1.807) is 0 Å². The molecule has 0 fully saturated rings. The van der Waals surface area contributed by atoms with Crippen LogP contribution in [0.3, 0.4) is 0 Å². The molecule has 17 heteroatoms. The molecule has 0 saturated carbocycles. The van der Waals surface area contributed by atoms with Crippen molar-refractivity contribution in [3.8, 4) is 0 Å². The molecule has 0 heterocycles. The number of nitrogens with one attached hydrogen (secondary N) is 5. The molecule has 0 aromatic heterocycles. The lowest BCUT2D eigenvalue weighted by molar-refractivity contribution is -0.141. The van der Waals surface area contributed by atoms with Crippen LogP contribution in [0.2, 0.25) is 0 Å². The van der Waals surface area contributed by atoms with Gasteiger partial charge >= 0.3 is 29.9 Å². The van der Waals surface area contributed by atoms with Crippen LogP contribution in [0.5, 0.6) is 0 Å². The number of urea groups is 1. The molecule has 9 N–H and O–H groups in total. The van der Waals surface area contributed by atoms with Gasteiger partial charge in [0.15, 0.2) is 0 Å². The number of aliphatic carboxylic acids is 4. The molecule has 16 nitrogen and oxygen atoms in total. The van der Waals surface area contributed by atoms with Gasteiger partial charge < -0.3 is 41.7 Å². The number of amides is 4. The van der Waals surface area contributed by atoms with Crippen LogP contribution >= 0.6 is 8.86 Å². The Morgan fingerprint density at radius 3 is 1.36 bits per heavy atom. The molecule has 0 aliphatic heterocycles. The Balaban J connectivity index is 4.08. The number of unbranched alkanes of at least 4 members (excludes halogenated alkanes) is 8. The molecule has 0 aromatic carbocycles. The van der Waals surface area contributed by atoms with Gasteiger partial charge in [0.25, 0.3) is 0 Å². The largest absolute Gasteiger partial charge is 0.481 e. The fraction of sp³-hybridized carbons (Fsp3) is 0.758. The summed E-state index contributed by atoms with van der Waals surface area (Å²) in [7, 11) is 3.49. The lowest BCUT2D eigenvalue weighted by Crippen LogP contribution is -2.51. The van der Waals surface area contributed by atoms with Gasteiger partial charge in [-0.15, -0.1) is 8.86 Å². The molecule has 286 valence electrons. The van der Waals surface area contributed by atoms with Crippen molar-refractivity contribution in [1.29, 1.82) is 0 Å². The fourth-order valence-corrected chi connectivity index (χ4v) is 5.26. The van der Waals surface area contributed by atoms with Gasteiger partial charge in [0, 0.05) is 37.8 Å². The number of hydrogen-bond donors (Lipinski definition) is 9. The predicted octanol–water partition coefficient (Wildman–Crippen LogP) is 3.26. The lowest BCUT2D eigenvalue weighted by Gasteiger charge is -2.18. The van der Waals surface area contributed by atoms with Crippen molar-refractivity contribution in [3.63, 3.8) is 0 Å². The van der Waals surface area contributed by atoms with Gasteiger partial charge in [-0.05, 0) is 70.6 Å². The van der Waals surface area contributed by atoms with Crippen molar-refractivity contribution in [3.05, 3.63) is 0 Å². The van der Waals surface area contributed by atoms with Crippen LogP contribution < -0.4 is 26.6 Å². The maximum absolute atomic E-state index is 12.1. The zero-order valence-electron chi connectivity index (χ0n) is 29.2. The molecule has 0 spiro atoms. The summed E-state index contributed by atoms with van der Waals surface area (Å²) in [5.41, 5.74) is 0.705. The summed E-state index contributed by atoms with van der Waals surface area (Å²) in [6.45, 7) is 2.98. The van der Waals surface area contributed by atoms with E-state index in [9.17, 15) is 43.8 Å². The standard InChI is InChI=1S/C33H58N5O11P/c1-2-3-4-7-16-26(39)34-21-12-10-14-23(30(43)44)36-28(50)18-9-6-5-8-17-27(40)35-22-13-11-15-24(31(45)46)37-33(49)38-25(32(47)48)19-20-29(41)42/h23-25,36,50H,2-22H2,1H3,(H,34,39)(H,35,40)(H,41,42)(H,43,44)(H,45,46)(H,47,48)(H2,37,38,49)/t23?,24-,25-/m0/s1. The number of carbonyl (C=O) groups is 7. The molecule has 0 saturated heterocycles. The molecule has 1 unspecified atom stereocenters. The van der Waals surface area contributed by atoms with Crippen molar-refractivity contribution in [1.82, 2.24) is 26.6 Å². The number of carboxylic acids is 4. The maximum Gasteiger partial charge on any atom is 0.326 e. The van der Waals surface area contributed by atoms with Crippen LogP contribution in [-0.4, -0.2) is 98.8 Å². The Kier molecular flexibility index (Phi) is 26.8. The molecule has 3 atom stereocenters. The van der Waals surface area contributed by atoms with E-state index in [1.165, 1.54) is 0 Å². The van der Waals surface area contributed by atoms with Crippen LogP contribution in [0.1, 0.15) is 129 Å². The monoisotopic (exact) mass is 731 g/mol. The highest BCUT2D eigenvalue weighted by atomic mass is 31.0.